The molecule has 29 heavy (non-hydrogen) atoms. The zero-order valence-corrected chi connectivity index (χ0v) is 16.2. The molecule has 0 bridgehead atoms. The lowest BCUT2D eigenvalue weighted by molar-refractivity contribution is -0.143. The molecular weight excluding hydrogens is 370 g/mol. The Kier molecular flexibility index (Phi) is 5.20. The van der Waals surface area contributed by atoms with Crippen LogP contribution in [-0.2, 0) is 22.7 Å². The van der Waals surface area contributed by atoms with Gasteiger partial charge >= 0.3 is 5.97 Å². The summed E-state index contributed by atoms with van der Waals surface area (Å²) >= 11 is 0. The number of hydrogen-bond donors (Lipinski definition) is 1. The topological polar surface area (TPSA) is 84.7 Å². The van der Waals surface area contributed by atoms with Crippen LogP contribution in [0.15, 0.2) is 54.6 Å². The molecule has 1 N–H and O–H groups in total. The number of benzene rings is 2. The first-order valence-electron chi connectivity index (χ1n) is 9.69. The normalized spacial score (nSPS) is 18.9. The van der Waals surface area contributed by atoms with E-state index >= 15 is 0 Å². The SMILES string of the molecule is CC1C(C(=O)O)CCN1C(=O)Cn1c(COc2ccccc2)nc2ccccc21. The first-order valence-corrected chi connectivity index (χ1v) is 9.69. The van der Waals surface area contributed by atoms with Crippen LogP contribution in [0.4, 0.5) is 0 Å². The second kappa shape index (κ2) is 7.95. The van der Waals surface area contributed by atoms with Crippen LogP contribution in [0, 0.1) is 5.92 Å². The number of hydrogen-bond acceptors (Lipinski definition) is 4. The standard InChI is InChI=1S/C22H23N3O4/c1-15-17(22(27)28)11-12-24(15)21(26)13-25-19-10-6-5-9-18(19)23-20(25)14-29-16-7-3-2-4-8-16/h2-10,15,17H,11-14H2,1H3,(H,27,28). The van der Waals surface area contributed by atoms with Crippen LogP contribution in [0.5, 0.6) is 5.75 Å². The van der Waals surface area contributed by atoms with Gasteiger partial charge in [-0.15, -0.1) is 0 Å². The summed E-state index contributed by atoms with van der Waals surface area (Å²) in [6.45, 7) is 2.60. The van der Waals surface area contributed by atoms with Crippen molar-refractivity contribution in [2.75, 3.05) is 6.54 Å². The van der Waals surface area contributed by atoms with Crippen LogP contribution in [0.1, 0.15) is 19.2 Å². The maximum atomic E-state index is 13.0. The third kappa shape index (κ3) is 3.81. The Morgan fingerprint density at radius 1 is 1.14 bits per heavy atom. The van der Waals surface area contributed by atoms with Crippen LogP contribution in [0.25, 0.3) is 11.0 Å². The molecule has 4 rings (SSSR count). The fourth-order valence-corrected chi connectivity index (χ4v) is 3.92. The van der Waals surface area contributed by atoms with Gasteiger partial charge < -0.3 is 19.3 Å². The number of imidazole rings is 1. The molecule has 2 atom stereocenters. The number of fused-ring (bicyclic) bond motifs is 1. The van der Waals surface area contributed by atoms with Gasteiger partial charge in [0.1, 0.15) is 24.7 Å². The number of amides is 1. The fraction of sp³-hybridized carbons (Fsp3) is 0.318. The maximum Gasteiger partial charge on any atom is 0.308 e. The number of nitrogens with zero attached hydrogens (tertiary/aromatic N) is 3. The third-order valence-corrected chi connectivity index (χ3v) is 5.53. The summed E-state index contributed by atoms with van der Waals surface area (Å²) in [5, 5.41) is 9.33. The number of carbonyl (C=O) groups excluding carboxylic acids is 1. The first-order chi connectivity index (χ1) is 14.0. The Balaban J connectivity index is 1.57. The Bertz CT molecular complexity index is 1030. The molecule has 0 spiro atoms. The second-order valence-electron chi connectivity index (χ2n) is 7.27. The van der Waals surface area contributed by atoms with E-state index in [0.29, 0.717) is 18.8 Å². The maximum absolute atomic E-state index is 13.0. The summed E-state index contributed by atoms with van der Waals surface area (Å²) in [5.41, 5.74) is 1.65. The molecule has 0 aliphatic carbocycles. The molecule has 1 fully saturated rings. The van der Waals surface area contributed by atoms with E-state index in [1.54, 1.807) is 11.8 Å². The van der Waals surface area contributed by atoms with Crippen molar-refractivity contribution in [2.45, 2.75) is 32.5 Å². The predicted molar refractivity (Wildman–Crippen MR) is 107 cm³/mol. The minimum absolute atomic E-state index is 0.102. The lowest BCUT2D eigenvalue weighted by Gasteiger charge is -2.24. The summed E-state index contributed by atoms with van der Waals surface area (Å²) < 4.78 is 7.72. The Morgan fingerprint density at radius 2 is 1.86 bits per heavy atom. The van der Waals surface area contributed by atoms with Crippen LogP contribution >= 0.6 is 0 Å². The van der Waals surface area contributed by atoms with Crippen molar-refractivity contribution in [1.82, 2.24) is 14.5 Å². The number of carbonyl (C=O) groups is 2. The highest BCUT2D eigenvalue weighted by molar-refractivity contribution is 5.82. The van der Waals surface area contributed by atoms with E-state index in [0.717, 1.165) is 16.8 Å². The quantitative estimate of drug-likeness (QED) is 0.696. The molecule has 3 aromatic rings. The molecule has 0 saturated carbocycles. The van der Waals surface area contributed by atoms with Gasteiger partial charge in [0, 0.05) is 12.6 Å². The molecule has 1 saturated heterocycles. The Morgan fingerprint density at radius 3 is 2.59 bits per heavy atom. The average molecular weight is 393 g/mol. The molecule has 0 radical (unpaired) electrons. The smallest absolute Gasteiger partial charge is 0.308 e. The number of carboxylic acid groups (broad SMARTS) is 1. The van der Waals surface area contributed by atoms with Gasteiger partial charge in [-0.1, -0.05) is 30.3 Å². The fourth-order valence-electron chi connectivity index (χ4n) is 3.92. The van der Waals surface area contributed by atoms with Crippen molar-refractivity contribution in [3.8, 4) is 5.75 Å². The lowest BCUT2D eigenvalue weighted by atomic mass is 10.0. The highest BCUT2D eigenvalue weighted by Crippen LogP contribution is 2.25. The van der Waals surface area contributed by atoms with Crippen molar-refractivity contribution < 1.29 is 19.4 Å². The average Bonchev–Trinajstić information content (AvgIpc) is 3.28. The Hall–Kier alpha value is -3.35. The van der Waals surface area contributed by atoms with Crippen molar-refractivity contribution in [3.05, 3.63) is 60.4 Å². The van der Waals surface area contributed by atoms with Crippen molar-refractivity contribution in [3.63, 3.8) is 0 Å². The third-order valence-electron chi connectivity index (χ3n) is 5.53. The molecule has 1 amide bonds. The highest BCUT2D eigenvalue weighted by atomic mass is 16.5. The van der Waals surface area contributed by atoms with E-state index < -0.39 is 11.9 Å². The van der Waals surface area contributed by atoms with Crippen LogP contribution in [0.2, 0.25) is 0 Å². The zero-order chi connectivity index (χ0) is 20.4. The minimum Gasteiger partial charge on any atom is -0.486 e. The van der Waals surface area contributed by atoms with Crippen molar-refractivity contribution in [2.24, 2.45) is 5.92 Å². The molecule has 1 aliphatic heterocycles. The summed E-state index contributed by atoms with van der Waals surface area (Å²) in [5.74, 6) is -0.0810. The van der Waals surface area contributed by atoms with Gasteiger partial charge in [-0.25, -0.2) is 4.98 Å². The van der Waals surface area contributed by atoms with E-state index in [2.05, 4.69) is 4.98 Å². The highest BCUT2D eigenvalue weighted by Gasteiger charge is 2.38. The molecule has 1 aromatic heterocycles. The molecular formula is C22H23N3O4. The predicted octanol–water partition coefficient (Wildman–Crippen LogP) is 2.94. The van der Waals surface area contributed by atoms with E-state index in [-0.39, 0.29) is 25.1 Å². The number of likely N-dealkylation sites (tertiary alicyclic amines) is 1. The van der Waals surface area contributed by atoms with E-state index in [1.165, 1.54) is 0 Å². The van der Waals surface area contributed by atoms with Crippen LogP contribution in [0.3, 0.4) is 0 Å². The number of aliphatic carboxylic acids is 1. The van der Waals surface area contributed by atoms with Gasteiger partial charge in [0.2, 0.25) is 5.91 Å². The van der Waals surface area contributed by atoms with Crippen molar-refractivity contribution in [1.29, 1.82) is 0 Å². The first kappa shape index (κ1) is 19.0. The molecule has 2 heterocycles. The van der Waals surface area contributed by atoms with Gasteiger partial charge in [0.25, 0.3) is 0 Å². The second-order valence-corrected chi connectivity index (χ2v) is 7.27. The number of ether oxygens (including phenoxy) is 1. The summed E-state index contributed by atoms with van der Waals surface area (Å²) in [7, 11) is 0. The largest absolute Gasteiger partial charge is 0.486 e. The summed E-state index contributed by atoms with van der Waals surface area (Å²) in [6.07, 6.45) is 0.483. The molecule has 2 aromatic carbocycles. The number of rotatable bonds is 6. The molecule has 1 aliphatic rings. The molecule has 7 nitrogen and oxygen atoms in total. The number of aromatic nitrogens is 2. The Labute approximate surface area is 168 Å². The van der Waals surface area contributed by atoms with E-state index in [9.17, 15) is 14.7 Å². The van der Waals surface area contributed by atoms with Crippen LogP contribution in [-0.4, -0.2) is 44.0 Å². The molecule has 7 heteroatoms. The summed E-state index contributed by atoms with van der Waals surface area (Å²) in [6, 6.07) is 16.8. The van der Waals surface area contributed by atoms with Gasteiger partial charge in [-0.3, -0.25) is 9.59 Å². The minimum atomic E-state index is -0.849. The monoisotopic (exact) mass is 393 g/mol. The molecule has 150 valence electrons. The summed E-state index contributed by atoms with van der Waals surface area (Å²) in [4.78, 5) is 30.7. The van der Waals surface area contributed by atoms with Gasteiger partial charge in [-0.2, -0.15) is 0 Å². The van der Waals surface area contributed by atoms with E-state index in [1.807, 2.05) is 59.2 Å². The van der Waals surface area contributed by atoms with Gasteiger partial charge in [-0.05, 0) is 37.6 Å². The van der Waals surface area contributed by atoms with Gasteiger partial charge in [0.15, 0.2) is 0 Å². The van der Waals surface area contributed by atoms with Gasteiger partial charge in [0.05, 0.1) is 17.0 Å². The molecule has 2 unspecified atom stereocenters. The zero-order valence-electron chi connectivity index (χ0n) is 16.2. The lowest BCUT2D eigenvalue weighted by Crippen LogP contribution is -2.39. The number of para-hydroxylation sites is 3. The van der Waals surface area contributed by atoms with Crippen molar-refractivity contribution >= 4 is 22.9 Å². The van der Waals surface area contributed by atoms with Crippen LogP contribution < -0.4 is 4.74 Å². The van der Waals surface area contributed by atoms with E-state index in [4.69, 9.17) is 4.74 Å². The number of carboxylic acids is 1.